The van der Waals surface area contributed by atoms with E-state index in [0.717, 1.165) is 94.4 Å². The molecule has 2 N–H and O–H groups in total. The molecule has 9 rings (SSSR count). The number of phenols is 1. The summed E-state index contributed by atoms with van der Waals surface area (Å²) in [5.74, 6) is 0.843. The molecular weight excluding hydrogens is 693 g/mol. The zero-order valence-corrected chi connectivity index (χ0v) is 31.6. The fourth-order valence-corrected chi connectivity index (χ4v) is 9.17. The zero-order valence-electron chi connectivity index (χ0n) is 31.6. The highest BCUT2D eigenvalue weighted by molar-refractivity contribution is 6.00. The number of nitrogens with zero attached hydrogens (tertiary/aromatic N) is 7. The molecule has 4 aromatic rings. The molecule has 0 saturated carbocycles. The van der Waals surface area contributed by atoms with Gasteiger partial charge in [0.2, 0.25) is 17.7 Å². The molecule has 5 fully saturated rings. The second-order valence-corrected chi connectivity index (χ2v) is 15.9. The Bertz CT molecular complexity index is 2000. The van der Waals surface area contributed by atoms with Gasteiger partial charge in [0, 0.05) is 76.0 Å². The maximum Gasteiger partial charge on any atom is 0.234 e. The van der Waals surface area contributed by atoms with Crippen molar-refractivity contribution in [3.8, 4) is 17.0 Å². The number of carbonyl (C=O) groups excluding carboxylic acids is 3. The third-order valence-corrected chi connectivity index (χ3v) is 12.3. The standard InChI is InChI=1S/C29H33N5O2.C14H17N3O2/c1-2-32-18-28(19-32)20-34(21-28)27(36)29(22-8-4-3-5-9-22)12-14-33(15-13-29)23-16-25(31-30-17-23)24-10-6-7-11-26(24)35;18-13-6-4-11(14(19)16-13)10-3-5-12(15-9-10)17-7-1-2-8-17/h3-11,16-17,35H,2,12-15,18-21H2,1H3;3,5,9,11H,1-2,4,6-8H2,(H,16,18,19). The minimum Gasteiger partial charge on any atom is -0.507 e. The van der Waals surface area contributed by atoms with Crippen LogP contribution in [0.15, 0.2) is 85.2 Å². The number of piperidine rings is 2. The Morgan fingerprint density at radius 1 is 0.873 bits per heavy atom. The third kappa shape index (κ3) is 7.39. The molecule has 1 atom stereocenters. The molecule has 1 spiro atoms. The summed E-state index contributed by atoms with van der Waals surface area (Å²) in [6.07, 6.45) is 8.49. The lowest BCUT2D eigenvalue weighted by Crippen LogP contribution is -2.74. The largest absolute Gasteiger partial charge is 0.507 e. The molecule has 0 radical (unpaired) electrons. The zero-order chi connectivity index (χ0) is 38.0. The number of phenolic OH excluding ortho intramolecular Hbond substituents is 1. The van der Waals surface area contributed by atoms with Gasteiger partial charge >= 0.3 is 0 Å². The molecule has 2 aromatic carbocycles. The average molecular weight is 743 g/mol. The molecule has 7 heterocycles. The van der Waals surface area contributed by atoms with Gasteiger partial charge in [-0.05, 0) is 74.0 Å². The summed E-state index contributed by atoms with van der Waals surface area (Å²) in [4.78, 5) is 50.5. The summed E-state index contributed by atoms with van der Waals surface area (Å²) in [5, 5.41) is 21.1. The number of hydrogen-bond acceptors (Lipinski definition) is 10. The van der Waals surface area contributed by atoms with Gasteiger partial charge in [-0.3, -0.25) is 19.7 Å². The highest BCUT2D eigenvalue weighted by Gasteiger charge is 2.56. The number of benzene rings is 2. The molecule has 1 unspecified atom stereocenters. The van der Waals surface area contributed by atoms with Crippen molar-refractivity contribution >= 4 is 29.2 Å². The van der Waals surface area contributed by atoms with E-state index in [4.69, 9.17) is 0 Å². The number of rotatable bonds is 7. The molecule has 0 aliphatic carbocycles. The van der Waals surface area contributed by atoms with Gasteiger partial charge in [0.1, 0.15) is 11.6 Å². The summed E-state index contributed by atoms with van der Waals surface area (Å²) in [6, 6.07) is 23.5. The maximum atomic E-state index is 14.0. The predicted octanol–water partition coefficient (Wildman–Crippen LogP) is 4.75. The number of aromatic nitrogens is 3. The van der Waals surface area contributed by atoms with Gasteiger partial charge in [-0.15, -0.1) is 0 Å². The van der Waals surface area contributed by atoms with E-state index in [0.29, 0.717) is 29.5 Å². The third-order valence-electron chi connectivity index (χ3n) is 12.3. The van der Waals surface area contributed by atoms with Crippen molar-refractivity contribution in [3.05, 3.63) is 96.3 Å². The molecule has 5 aliphatic rings. The molecule has 12 nitrogen and oxygen atoms in total. The summed E-state index contributed by atoms with van der Waals surface area (Å²) < 4.78 is 0. The first-order valence-corrected chi connectivity index (χ1v) is 19.7. The van der Waals surface area contributed by atoms with Gasteiger partial charge in [0.05, 0.1) is 28.9 Å². The second kappa shape index (κ2) is 15.4. The van der Waals surface area contributed by atoms with E-state index in [1.165, 1.54) is 12.8 Å². The molecule has 12 heteroatoms. The Kier molecular flexibility index (Phi) is 10.3. The van der Waals surface area contributed by atoms with Crippen molar-refractivity contribution in [2.24, 2.45) is 5.41 Å². The molecule has 0 bridgehead atoms. The number of hydrogen-bond donors (Lipinski definition) is 2. The normalized spacial score (nSPS) is 21.6. The van der Waals surface area contributed by atoms with Crippen LogP contribution in [0.5, 0.6) is 5.75 Å². The summed E-state index contributed by atoms with van der Waals surface area (Å²) in [6.45, 7) is 10.9. The molecule has 3 amide bonds. The van der Waals surface area contributed by atoms with Gasteiger partial charge < -0.3 is 24.7 Å². The van der Waals surface area contributed by atoms with E-state index >= 15 is 0 Å². The van der Waals surface area contributed by atoms with E-state index in [9.17, 15) is 19.5 Å². The van der Waals surface area contributed by atoms with Crippen LogP contribution in [0.2, 0.25) is 0 Å². The Hall–Kier alpha value is -5.36. The van der Waals surface area contributed by atoms with Crippen LogP contribution in [0.1, 0.15) is 62.5 Å². The minimum atomic E-state index is -0.492. The van der Waals surface area contributed by atoms with Crippen LogP contribution < -0.4 is 15.1 Å². The predicted molar refractivity (Wildman–Crippen MR) is 211 cm³/mol. The van der Waals surface area contributed by atoms with Crippen molar-refractivity contribution in [3.63, 3.8) is 0 Å². The molecule has 286 valence electrons. The van der Waals surface area contributed by atoms with Gasteiger partial charge in [-0.25, -0.2) is 4.98 Å². The Morgan fingerprint density at radius 2 is 1.60 bits per heavy atom. The van der Waals surface area contributed by atoms with Crippen LogP contribution in [0.3, 0.4) is 0 Å². The number of anilines is 2. The number of likely N-dealkylation sites (tertiary alicyclic amines) is 2. The first-order chi connectivity index (χ1) is 26.8. The molecular formula is C43H50N8O4. The number of aromatic hydroxyl groups is 1. The lowest BCUT2D eigenvalue weighted by atomic mass is 9.67. The van der Waals surface area contributed by atoms with Gasteiger partial charge in [0.25, 0.3) is 0 Å². The SMILES string of the molecule is CCN1CC2(C1)CN(C(=O)C1(c3ccccc3)CCN(c3cnnc(-c4ccccc4O)c3)CC1)C2.O=C1CCC(c2ccc(N3CCCC3)nc2)C(=O)N1. The molecule has 2 aromatic heterocycles. The van der Waals surface area contributed by atoms with Crippen LogP contribution in [-0.4, -0.2) is 107 Å². The number of imide groups is 1. The first kappa shape index (κ1) is 36.6. The van der Waals surface area contributed by atoms with Crippen LogP contribution in [0, 0.1) is 5.41 Å². The molecule has 5 aliphatic heterocycles. The van der Waals surface area contributed by atoms with Crippen molar-refractivity contribution in [2.45, 2.75) is 56.8 Å². The highest BCUT2D eigenvalue weighted by Crippen LogP contribution is 2.45. The van der Waals surface area contributed by atoms with Crippen LogP contribution in [-0.2, 0) is 19.8 Å². The van der Waals surface area contributed by atoms with Crippen molar-refractivity contribution in [1.82, 2.24) is 30.3 Å². The molecule has 5 saturated heterocycles. The lowest BCUT2D eigenvalue weighted by Gasteiger charge is -2.61. The number of carbonyl (C=O) groups is 3. The second-order valence-electron chi connectivity index (χ2n) is 15.9. The van der Waals surface area contributed by atoms with E-state index in [1.54, 1.807) is 24.5 Å². The van der Waals surface area contributed by atoms with E-state index < -0.39 is 5.41 Å². The Labute approximate surface area is 322 Å². The molecule has 55 heavy (non-hydrogen) atoms. The number of para-hydroxylation sites is 1. The van der Waals surface area contributed by atoms with Crippen molar-refractivity contribution < 1.29 is 19.5 Å². The number of amides is 3. The quantitative estimate of drug-likeness (QED) is 0.256. The van der Waals surface area contributed by atoms with E-state index in [2.05, 4.69) is 59.2 Å². The van der Waals surface area contributed by atoms with Crippen LogP contribution in [0.4, 0.5) is 11.5 Å². The number of nitrogens with one attached hydrogen (secondary N) is 1. The van der Waals surface area contributed by atoms with E-state index in [1.807, 2.05) is 48.5 Å². The summed E-state index contributed by atoms with van der Waals surface area (Å²) in [5.41, 5.74) is 4.14. The van der Waals surface area contributed by atoms with Gasteiger partial charge in [0.15, 0.2) is 0 Å². The van der Waals surface area contributed by atoms with Crippen molar-refractivity contribution in [2.75, 3.05) is 68.7 Å². The summed E-state index contributed by atoms with van der Waals surface area (Å²) >= 11 is 0. The smallest absolute Gasteiger partial charge is 0.234 e. The van der Waals surface area contributed by atoms with Crippen LogP contribution in [0.25, 0.3) is 11.3 Å². The lowest BCUT2D eigenvalue weighted by molar-refractivity contribution is -0.165. The topological polar surface area (TPSA) is 135 Å². The van der Waals surface area contributed by atoms with Gasteiger partial charge in [-0.1, -0.05) is 55.5 Å². The summed E-state index contributed by atoms with van der Waals surface area (Å²) in [7, 11) is 0. The highest BCUT2D eigenvalue weighted by atomic mass is 16.3. The fourth-order valence-electron chi connectivity index (χ4n) is 9.17. The van der Waals surface area contributed by atoms with Gasteiger partial charge in [-0.2, -0.15) is 10.2 Å². The Morgan fingerprint density at radius 3 is 2.27 bits per heavy atom. The number of pyridine rings is 1. The maximum absolute atomic E-state index is 14.0. The minimum absolute atomic E-state index is 0.178. The Balaban J connectivity index is 0.000000189. The van der Waals surface area contributed by atoms with Crippen LogP contribution >= 0.6 is 0 Å². The average Bonchev–Trinajstić information content (AvgIpc) is 3.73. The van der Waals surface area contributed by atoms with E-state index in [-0.39, 0.29) is 29.4 Å². The monoisotopic (exact) mass is 742 g/mol. The first-order valence-electron chi connectivity index (χ1n) is 19.7. The van der Waals surface area contributed by atoms with Crippen molar-refractivity contribution in [1.29, 1.82) is 0 Å². The fraction of sp³-hybridized carbons (Fsp3) is 0.442.